The maximum Gasteiger partial charge on any atom is 0.162 e. The molecule has 0 saturated carbocycles. The van der Waals surface area contributed by atoms with Gasteiger partial charge in [0.05, 0.1) is 31.2 Å². The predicted octanol–water partition coefficient (Wildman–Crippen LogP) is 2.29. The van der Waals surface area contributed by atoms with Crippen molar-refractivity contribution in [3.63, 3.8) is 0 Å². The van der Waals surface area contributed by atoms with Gasteiger partial charge in [-0.15, -0.1) is 0 Å². The number of hydrogen-bond donors (Lipinski definition) is 1. The van der Waals surface area contributed by atoms with Crippen LogP contribution in [0.1, 0.15) is 19.8 Å². The summed E-state index contributed by atoms with van der Waals surface area (Å²) in [6.45, 7) is 3.93. The molecule has 1 aromatic carbocycles. The fraction of sp³-hybridized carbons (Fsp3) is 0.600. The number of nitrogen functional groups attached to an aromatic ring is 1. The molecule has 112 valence electrons. The van der Waals surface area contributed by atoms with Gasteiger partial charge in [-0.2, -0.15) is 0 Å². The molecule has 1 aliphatic rings. The Kier molecular flexibility index (Phi) is 4.28. The van der Waals surface area contributed by atoms with E-state index in [4.69, 9.17) is 19.9 Å². The van der Waals surface area contributed by atoms with E-state index in [2.05, 4.69) is 11.8 Å². The summed E-state index contributed by atoms with van der Waals surface area (Å²) in [7, 11) is 5.01. The Morgan fingerprint density at radius 2 is 1.80 bits per heavy atom. The lowest BCUT2D eigenvalue weighted by atomic mass is 9.94. The Hall–Kier alpha value is -1.62. The van der Waals surface area contributed by atoms with Crippen LogP contribution >= 0.6 is 0 Å². The lowest BCUT2D eigenvalue weighted by Gasteiger charge is -2.41. The molecule has 1 unspecified atom stereocenters. The first kappa shape index (κ1) is 14.8. The highest BCUT2D eigenvalue weighted by molar-refractivity contribution is 5.73. The van der Waals surface area contributed by atoms with Crippen molar-refractivity contribution in [3.05, 3.63) is 12.1 Å². The van der Waals surface area contributed by atoms with Crippen molar-refractivity contribution < 1.29 is 14.2 Å². The molecule has 0 bridgehead atoms. The third-order valence-corrected chi connectivity index (χ3v) is 4.03. The van der Waals surface area contributed by atoms with Crippen LogP contribution in [0.5, 0.6) is 11.5 Å². The molecular formula is C15H24N2O3. The fourth-order valence-corrected chi connectivity index (χ4v) is 2.74. The van der Waals surface area contributed by atoms with Crippen LogP contribution in [0.15, 0.2) is 12.1 Å². The molecule has 0 aliphatic carbocycles. The summed E-state index contributed by atoms with van der Waals surface area (Å²) < 4.78 is 16.3. The summed E-state index contributed by atoms with van der Waals surface area (Å²) in [5, 5.41) is 0. The highest BCUT2D eigenvalue weighted by Gasteiger charge is 2.31. The molecule has 1 aliphatic heterocycles. The molecule has 1 fully saturated rings. The minimum Gasteiger partial charge on any atom is -0.493 e. The van der Waals surface area contributed by atoms with Gasteiger partial charge in [0.15, 0.2) is 11.5 Å². The van der Waals surface area contributed by atoms with Gasteiger partial charge in [0.2, 0.25) is 0 Å². The van der Waals surface area contributed by atoms with Crippen LogP contribution in [0, 0.1) is 0 Å². The van der Waals surface area contributed by atoms with Crippen LogP contribution in [0.3, 0.4) is 0 Å². The second kappa shape index (κ2) is 5.79. The highest BCUT2D eigenvalue weighted by Crippen LogP contribution is 2.39. The van der Waals surface area contributed by atoms with E-state index in [-0.39, 0.29) is 5.60 Å². The molecule has 1 heterocycles. The van der Waals surface area contributed by atoms with E-state index in [1.165, 1.54) is 0 Å². The molecule has 1 saturated heterocycles. The van der Waals surface area contributed by atoms with E-state index in [1.807, 2.05) is 12.1 Å². The maximum absolute atomic E-state index is 6.16. The minimum absolute atomic E-state index is 0.127. The molecule has 0 aromatic heterocycles. The predicted molar refractivity (Wildman–Crippen MR) is 80.8 cm³/mol. The van der Waals surface area contributed by atoms with Gasteiger partial charge < -0.3 is 24.8 Å². The molecule has 0 radical (unpaired) electrons. The number of piperidine rings is 1. The average molecular weight is 280 g/mol. The summed E-state index contributed by atoms with van der Waals surface area (Å²) in [6.07, 6.45) is 2.14. The first-order valence-electron chi connectivity index (χ1n) is 6.84. The number of hydrogen-bond acceptors (Lipinski definition) is 5. The van der Waals surface area contributed by atoms with Crippen LogP contribution < -0.4 is 20.1 Å². The van der Waals surface area contributed by atoms with Crippen molar-refractivity contribution in [1.29, 1.82) is 0 Å². The Morgan fingerprint density at radius 1 is 1.15 bits per heavy atom. The SMILES string of the molecule is COc1cc(N)c(N2CCCC(C)(OC)C2)cc1OC. The van der Waals surface area contributed by atoms with Gasteiger partial charge in [0.1, 0.15) is 0 Å². The van der Waals surface area contributed by atoms with Gasteiger partial charge >= 0.3 is 0 Å². The van der Waals surface area contributed by atoms with Crippen molar-refractivity contribution in [2.45, 2.75) is 25.4 Å². The summed E-state index contributed by atoms with van der Waals surface area (Å²) in [5.41, 5.74) is 7.71. The summed E-state index contributed by atoms with van der Waals surface area (Å²) in [5.74, 6) is 1.35. The number of nitrogens with zero attached hydrogens (tertiary/aromatic N) is 1. The molecule has 20 heavy (non-hydrogen) atoms. The first-order chi connectivity index (χ1) is 9.53. The minimum atomic E-state index is -0.127. The molecular weight excluding hydrogens is 256 g/mol. The molecule has 2 N–H and O–H groups in total. The third-order valence-electron chi connectivity index (χ3n) is 4.03. The maximum atomic E-state index is 6.16. The fourth-order valence-electron chi connectivity index (χ4n) is 2.74. The van der Waals surface area contributed by atoms with Crippen molar-refractivity contribution in [2.75, 3.05) is 45.1 Å². The zero-order valence-corrected chi connectivity index (χ0v) is 12.7. The number of rotatable bonds is 4. The van der Waals surface area contributed by atoms with E-state index in [1.54, 1.807) is 21.3 Å². The number of ether oxygens (including phenoxy) is 3. The molecule has 5 nitrogen and oxygen atoms in total. The Morgan fingerprint density at radius 3 is 2.40 bits per heavy atom. The molecule has 5 heteroatoms. The first-order valence-corrected chi connectivity index (χ1v) is 6.84. The topological polar surface area (TPSA) is 57.0 Å². The van der Waals surface area contributed by atoms with E-state index < -0.39 is 0 Å². The largest absolute Gasteiger partial charge is 0.493 e. The van der Waals surface area contributed by atoms with E-state index in [9.17, 15) is 0 Å². The highest BCUT2D eigenvalue weighted by atomic mass is 16.5. The number of nitrogens with two attached hydrogens (primary N) is 1. The van der Waals surface area contributed by atoms with Gasteiger partial charge in [-0.25, -0.2) is 0 Å². The van der Waals surface area contributed by atoms with Gasteiger partial charge in [-0.3, -0.25) is 0 Å². The van der Waals surface area contributed by atoms with Crippen LogP contribution in [0.25, 0.3) is 0 Å². The van der Waals surface area contributed by atoms with Gasteiger partial charge in [0.25, 0.3) is 0 Å². The van der Waals surface area contributed by atoms with Crippen molar-refractivity contribution in [3.8, 4) is 11.5 Å². The Balaban J connectivity index is 2.32. The summed E-state index contributed by atoms with van der Waals surface area (Å²) in [4.78, 5) is 2.25. The van der Waals surface area contributed by atoms with Crippen molar-refractivity contribution in [2.24, 2.45) is 0 Å². The zero-order chi connectivity index (χ0) is 14.8. The normalized spacial score (nSPS) is 22.7. The molecule has 1 aromatic rings. The molecule has 0 amide bonds. The van der Waals surface area contributed by atoms with Crippen LogP contribution in [-0.4, -0.2) is 40.0 Å². The lowest BCUT2D eigenvalue weighted by molar-refractivity contribution is -0.00463. The average Bonchev–Trinajstić information content (AvgIpc) is 2.47. The molecule has 0 spiro atoms. The van der Waals surface area contributed by atoms with Crippen LogP contribution in [0.4, 0.5) is 11.4 Å². The Bertz CT molecular complexity index is 478. The quantitative estimate of drug-likeness (QED) is 0.858. The third kappa shape index (κ3) is 2.77. The Labute approximate surface area is 120 Å². The standard InChI is InChI=1S/C15H24N2O3/c1-15(20-4)6-5-7-17(10-15)12-9-14(19-3)13(18-2)8-11(12)16/h8-9H,5-7,10,16H2,1-4H3. The van der Waals surface area contributed by atoms with E-state index in [0.717, 1.165) is 31.6 Å². The van der Waals surface area contributed by atoms with Crippen LogP contribution in [-0.2, 0) is 4.74 Å². The van der Waals surface area contributed by atoms with Gasteiger partial charge in [-0.05, 0) is 19.8 Å². The monoisotopic (exact) mass is 280 g/mol. The van der Waals surface area contributed by atoms with E-state index in [0.29, 0.717) is 17.2 Å². The molecule has 2 rings (SSSR count). The molecule has 1 atom stereocenters. The van der Waals surface area contributed by atoms with E-state index >= 15 is 0 Å². The smallest absolute Gasteiger partial charge is 0.162 e. The lowest BCUT2D eigenvalue weighted by Crippen LogP contribution is -2.47. The summed E-state index contributed by atoms with van der Waals surface area (Å²) >= 11 is 0. The van der Waals surface area contributed by atoms with Crippen molar-refractivity contribution >= 4 is 11.4 Å². The number of anilines is 2. The number of methoxy groups -OCH3 is 3. The zero-order valence-electron chi connectivity index (χ0n) is 12.7. The van der Waals surface area contributed by atoms with Gasteiger partial charge in [0, 0.05) is 32.3 Å². The second-order valence-corrected chi connectivity index (χ2v) is 5.45. The number of benzene rings is 1. The second-order valence-electron chi connectivity index (χ2n) is 5.45. The van der Waals surface area contributed by atoms with Crippen LogP contribution in [0.2, 0.25) is 0 Å². The van der Waals surface area contributed by atoms with Crippen molar-refractivity contribution in [1.82, 2.24) is 0 Å². The van der Waals surface area contributed by atoms with Gasteiger partial charge in [-0.1, -0.05) is 0 Å². The summed E-state index contributed by atoms with van der Waals surface area (Å²) in [6, 6.07) is 3.75.